The Kier molecular flexibility index (Phi) is 5.78. The second-order valence-corrected chi connectivity index (χ2v) is 7.45. The first-order valence-electron chi connectivity index (χ1n) is 8.70. The maximum absolute atomic E-state index is 6.35. The molecular weight excluding hydrogens is 326 g/mol. The number of anilines is 1. The maximum atomic E-state index is 6.35. The molecule has 3 rings (SSSR count). The number of benzene rings is 1. The molecule has 1 aromatic rings. The summed E-state index contributed by atoms with van der Waals surface area (Å²) in [7, 11) is 0. The largest absolute Gasteiger partial charge is 0.346 e. The molecule has 1 aliphatic heterocycles. The van der Waals surface area contributed by atoms with Gasteiger partial charge in [0.05, 0.1) is 10.7 Å². The zero-order valence-corrected chi connectivity index (χ0v) is 15.4. The number of hydrogen-bond acceptors (Lipinski definition) is 2. The molecular formula is C18H26ClN3S. The van der Waals surface area contributed by atoms with Crippen LogP contribution in [0.5, 0.6) is 0 Å². The van der Waals surface area contributed by atoms with Gasteiger partial charge in [0, 0.05) is 32.2 Å². The average Bonchev–Trinajstić information content (AvgIpc) is 2.60. The van der Waals surface area contributed by atoms with Crippen LogP contribution < -0.4 is 5.32 Å². The maximum Gasteiger partial charge on any atom is 0.173 e. The van der Waals surface area contributed by atoms with E-state index >= 15 is 0 Å². The number of aryl methyl sites for hydroxylation is 1. The van der Waals surface area contributed by atoms with Crippen molar-refractivity contribution in [2.24, 2.45) is 0 Å². The molecule has 2 aliphatic rings. The lowest BCUT2D eigenvalue weighted by atomic mass is 9.94. The van der Waals surface area contributed by atoms with Gasteiger partial charge >= 0.3 is 0 Å². The zero-order valence-electron chi connectivity index (χ0n) is 13.9. The quantitative estimate of drug-likeness (QED) is 0.800. The zero-order chi connectivity index (χ0) is 16.2. The Morgan fingerprint density at radius 2 is 1.83 bits per heavy atom. The molecule has 0 atom stereocenters. The van der Waals surface area contributed by atoms with E-state index in [0.29, 0.717) is 0 Å². The Balaban J connectivity index is 1.53. The summed E-state index contributed by atoms with van der Waals surface area (Å²) in [5, 5.41) is 4.87. The molecule has 0 unspecified atom stereocenters. The smallest absolute Gasteiger partial charge is 0.173 e. The second-order valence-electron chi connectivity index (χ2n) is 6.68. The van der Waals surface area contributed by atoms with E-state index in [4.69, 9.17) is 23.8 Å². The van der Waals surface area contributed by atoms with Gasteiger partial charge in [-0.15, -0.1) is 0 Å². The first-order valence-corrected chi connectivity index (χ1v) is 9.49. The third kappa shape index (κ3) is 4.17. The van der Waals surface area contributed by atoms with Gasteiger partial charge in [0.15, 0.2) is 5.11 Å². The van der Waals surface area contributed by atoms with E-state index in [2.05, 4.69) is 15.1 Å². The molecule has 1 saturated heterocycles. The fourth-order valence-corrected chi connectivity index (χ4v) is 4.14. The van der Waals surface area contributed by atoms with Crippen LogP contribution in [0.15, 0.2) is 18.2 Å². The molecule has 0 bridgehead atoms. The summed E-state index contributed by atoms with van der Waals surface area (Å²) < 4.78 is 0. The summed E-state index contributed by atoms with van der Waals surface area (Å²) in [5.74, 6) is 0. The molecule has 0 spiro atoms. The molecule has 0 amide bonds. The lowest BCUT2D eigenvalue weighted by Crippen LogP contribution is -2.53. The molecule has 2 fully saturated rings. The first-order chi connectivity index (χ1) is 11.1. The number of thiocarbonyl (C=S) groups is 1. The fraction of sp³-hybridized carbons (Fsp3) is 0.611. The minimum atomic E-state index is 0.760. The fourth-order valence-electron chi connectivity index (χ4n) is 3.67. The van der Waals surface area contributed by atoms with E-state index in [1.165, 1.54) is 32.1 Å². The van der Waals surface area contributed by atoms with E-state index in [1.807, 2.05) is 25.1 Å². The predicted octanol–water partition coefficient (Wildman–Crippen LogP) is 4.30. The number of rotatable bonds is 2. The molecule has 0 radical (unpaired) electrons. The van der Waals surface area contributed by atoms with Crippen LogP contribution in [-0.2, 0) is 0 Å². The van der Waals surface area contributed by atoms with Crippen molar-refractivity contribution in [2.45, 2.75) is 45.1 Å². The van der Waals surface area contributed by atoms with Crippen molar-refractivity contribution in [3.63, 3.8) is 0 Å². The highest BCUT2D eigenvalue weighted by atomic mass is 35.5. The summed E-state index contributed by atoms with van der Waals surface area (Å²) in [6, 6.07) is 6.81. The minimum absolute atomic E-state index is 0.760. The van der Waals surface area contributed by atoms with Gasteiger partial charge in [-0.2, -0.15) is 0 Å². The van der Waals surface area contributed by atoms with Gasteiger partial charge in [-0.05, 0) is 43.6 Å². The van der Waals surface area contributed by atoms with Gasteiger partial charge in [0.25, 0.3) is 0 Å². The number of piperazine rings is 1. The highest BCUT2D eigenvalue weighted by Gasteiger charge is 2.26. The Morgan fingerprint density at radius 3 is 2.52 bits per heavy atom. The predicted molar refractivity (Wildman–Crippen MR) is 102 cm³/mol. The normalized spacial score (nSPS) is 20.5. The molecule has 1 aliphatic carbocycles. The Bertz CT molecular complexity index is 549. The number of halogens is 1. The van der Waals surface area contributed by atoms with Crippen molar-refractivity contribution < 1.29 is 0 Å². The SMILES string of the molecule is Cc1cccc(NC(=S)N2CCN(C3CCCCC3)CC2)c1Cl. The molecule has 1 aromatic carbocycles. The second kappa shape index (κ2) is 7.82. The number of nitrogens with zero attached hydrogens (tertiary/aromatic N) is 2. The van der Waals surface area contributed by atoms with Crippen molar-refractivity contribution in [3.8, 4) is 0 Å². The Morgan fingerprint density at radius 1 is 1.13 bits per heavy atom. The van der Waals surface area contributed by atoms with Crippen LogP contribution in [0.4, 0.5) is 5.69 Å². The van der Waals surface area contributed by atoms with Gasteiger partial charge < -0.3 is 10.2 Å². The number of nitrogens with one attached hydrogen (secondary N) is 1. The van der Waals surface area contributed by atoms with E-state index in [0.717, 1.165) is 53.6 Å². The van der Waals surface area contributed by atoms with Crippen LogP contribution in [0, 0.1) is 6.92 Å². The summed E-state index contributed by atoms with van der Waals surface area (Å²) in [5.41, 5.74) is 1.98. The molecule has 0 aromatic heterocycles. The van der Waals surface area contributed by atoms with Crippen LogP contribution in [0.3, 0.4) is 0 Å². The van der Waals surface area contributed by atoms with Gasteiger partial charge in [-0.1, -0.05) is 43.0 Å². The van der Waals surface area contributed by atoms with Crippen LogP contribution in [0.25, 0.3) is 0 Å². The average molecular weight is 352 g/mol. The first kappa shape index (κ1) is 17.0. The number of hydrogen-bond donors (Lipinski definition) is 1. The van der Waals surface area contributed by atoms with Crippen molar-refractivity contribution in [3.05, 3.63) is 28.8 Å². The molecule has 5 heteroatoms. The molecule has 1 heterocycles. The molecule has 1 saturated carbocycles. The highest BCUT2D eigenvalue weighted by molar-refractivity contribution is 7.80. The van der Waals surface area contributed by atoms with Crippen molar-refractivity contribution in [2.75, 3.05) is 31.5 Å². The van der Waals surface area contributed by atoms with E-state index in [9.17, 15) is 0 Å². The Hall–Kier alpha value is -0.840. The summed E-state index contributed by atoms with van der Waals surface area (Å²) >= 11 is 11.9. The monoisotopic (exact) mass is 351 g/mol. The topological polar surface area (TPSA) is 18.5 Å². The van der Waals surface area contributed by atoms with Gasteiger partial charge in [0.1, 0.15) is 0 Å². The van der Waals surface area contributed by atoms with Crippen LogP contribution in [0.2, 0.25) is 5.02 Å². The van der Waals surface area contributed by atoms with Gasteiger partial charge in [0.2, 0.25) is 0 Å². The summed E-state index contributed by atoms with van der Waals surface area (Å²) in [6.45, 7) is 6.26. The van der Waals surface area contributed by atoms with E-state index in [1.54, 1.807) is 0 Å². The summed E-state index contributed by atoms with van der Waals surface area (Å²) in [6.07, 6.45) is 6.97. The molecule has 126 valence electrons. The van der Waals surface area contributed by atoms with Crippen molar-refractivity contribution in [1.29, 1.82) is 0 Å². The van der Waals surface area contributed by atoms with Gasteiger partial charge in [-0.25, -0.2) is 0 Å². The molecule has 1 N–H and O–H groups in total. The summed E-state index contributed by atoms with van der Waals surface area (Å²) in [4.78, 5) is 4.94. The van der Waals surface area contributed by atoms with Crippen LogP contribution in [0.1, 0.15) is 37.7 Å². The Labute approximate surface area is 150 Å². The molecule has 23 heavy (non-hydrogen) atoms. The molecule has 3 nitrogen and oxygen atoms in total. The lowest BCUT2D eigenvalue weighted by molar-refractivity contribution is 0.108. The van der Waals surface area contributed by atoms with Gasteiger partial charge in [-0.3, -0.25) is 4.90 Å². The standard InChI is InChI=1S/C18H26ClN3S/c1-14-6-5-9-16(17(14)19)20-18(23)22-12-10-21(11-13-22)15-7-3-2-4-8-15/h5-6,9,15H,2-4,7-8,10-13H2,1H3,(H,20,23). The van der Waals surface area contributed by atoms with Crippen molar-refractivity contribution >= 4 is 34.6 Å². The highest BCUT2D eigenvalue weighted by Crippen LogP contribution is 2.26. The van der Waals surface area contributed by atoms with E-state index in [-0.39, 0.29) is 0 Å². The van der Waals surface area contributed by atoms with E-state index < -0.39 is 0 Å². The third-order valence-electron chi connectivity index (χ3n) is 5.13. The van der Waals surface area contributed by atoms with Crippen LogP contribution in [-0.4, -0.2) is 47.1 Å². The van der Waals surface area contributed by atoms with Crippen molar-refractivity contribution in [1.82, 2.24) is 9.80 Å². The minimum Gasteiger partial charge on any atom is -0.346 e. The van der Waals surface area contributed by atoms with Crippen LogP contribution >= 0.6 is 23.8 Å². The lowest BCUT2D eigenvalue weighted by Gasteiger charge is -2.41. The third-order valence-corrected chi connectivity index (χ3v) is 5.99.